The second kappa shape index (κ2) is 8.00. The average molecular weight is 352 g/mol. The number of benzene rings is 1. The molecule has 4 heteroatoms. The maximum absolute atomic E-state index is 13.6. The van der Waals surface area contributed by atoms with Crippen LogP contribution < -0.4 is 0 Å². The van der Waals surface area contributed by atoms with Crippen LogP contribution in [0.25, 0.3) is 0 Å². The third kappa shape index (κ3) is 4.89. The number of ether oxygens (including phenoxy) is 2. The summed E-state index contributed by atoms with van der Waals surface area (Å²) in [5.74, 6) is -0.210. The standard InChI is InChI=1S/C13H18FIO2/c1-3-16-9-10(2)17-13(8-15)11-6-4-5-7-12(11)14/h4-7,10,13H,3,8-9H2,1-2H3. The molecule has 2 atom stereocenters. The summed E-state index contributed by atoms with van der Waals surface area (Å²) < 4.78 is 25.4. The summed E-state index contributed by atoms with van der Waals surface area (Å²) in [7, 11) is 0. The molecule has 0 heterocycles. The zero-order chi connectivity index (χ0) is 12.7. The van der Waals surface area contributed by atoms with Crippen LogP contribution in [0.3, 0.4) is 0 Å². The van der Waals surface area contributed by atoms with Gasteiger partial charge >= 0.3 is 0 Å². The maximum atomic E-state index is 13.6. The molecule has 0 bridgehead atoms. The molecule has 2 nitrogen and oxygen atoms in total. The van der Waals surface area contributed by atoms with Gasteiger partial charge in [-0.05, 0) is 19.9 Å². The van der Waals surface area contributed by atoms with Gasteiger partial charge in [-0.3, -0.25) is 0 Å². The second-order valence-corrected chi connectivity index (χ2v) is 4.65. The molecule has 1 aromatic rings. The van der Waals surface area contributed by atoms with Gasteiger partial charge in [-0.2, -0.15) is 0 Å². The summed E-state index contributed by atoms with van der Waals surface area (Å²) in [5.41, 5.74) is 0.616. The molecule has 0 amide bonds. The second-order valence-electron chi connectivity index (χ2n) is 3.77. The van der Waals surface area contributed by atoms with Gasteiger partial charge in [-0.15, -0.1) is 0 Å². The minimum absolute atomic E-state index is 0.0330. The van der Waals surface area contributed by atoms with Crippen LogP contribution in [0.2, 0.25) is 0 Å². The van der Waals surface area contributed by atoms with E-state index in [1.54, 1.807) is 12.1 Å². The molecule has 0 fully saturated rings. The van der Waals surface area contributed by atoms with Crippen molar-refractivity contribution < 1.29 is 13.9 Å². The minimum Gasteiger partial charge on any atom is -0.379 e. The molecule has 96 valence electrons. The van der Waals surface area contributed by atoms with Gasteiger partial charge in [0, 0.05) is 16.6 Å². The van der Waals surface area contributed by atoms with Crippen molar-refractivity contribution in [1.82, 2.24) is 0 Å². The Kier molecular flexibility index (Phi) is 6.99. The Morgan fingerprint density at radius 3 is 2.65 bits per heavy atom. The first-order valence-electron chi connectivity index (χ1n) is 5.72. The molecule has 2 unspecified atom stereocenters. The Bertz CT molecular complexity index is 333. The van der Waals surface area contributed by atoms with Crippen LogP contribution in [0, 0.1) is 5.82 Å². The lowest BCUT2D eigenvalue weighted by atomic mass is 10.1. The molecule has 0 aliphatic rings. The highest BCUT2D eigenvalue weighted by Gasteiger charge is 2.17. The predicted octanol–water partition coefficient (Wildman–Crippen LogP) is 3.74. The molecule has 0 aromatic heterocycles. The number of hydrogen-bond donors (Lipinski definition) is 0. The monoisotopic (exact) mass is 352 g/mol. The highest BCUT2D eigenvalue weighted by molar-refractivity contribution is 14.1. The first-order chi connectivity index (χ1) is 8.19. The van der Waals surface area contributed by atoms with Crippen molar-refractivity contribution in [2.75, 3.05) is 17.6 Å². The number of halogens is 2. The number of rotatable bonds is 7. The maximum Gasteiger partial charge on any atom is 0.129 e. The van der Waals surface area contributed by atoms with E-state index < -0.39 is 0 Å². The van der Waals surface area contributed by atoms with Crippen LogP contribution >= 0.6 is 22.6 Å². The highest BCUT2D eigenvalue weighted by Crippen LogP contribution is 2.24. The van der Waals surface area contributed by atoms with E-state index >= 15 is 0 Å². The van der Waals surface area contributed by atoms with Gasteiger partial charge in [0.2, 0.25) is 0 Å². The van der Waals surface area contributed by atoms with E-state index in [-0.39, 0.29) is 18.0 Å². The molecule has 0 aliphatic carbocycles. The van der Waals surface area contributed by atoms with Crippen LogP contribution in [-0.4, -0.2) is 23.7 Å². The van der Waals surface area contributed by atoms with Gasteiger partial charge in [0.25, 0.3) is 0 Å². The molecule has 0 saturated carbocycles. The zero-order valence-corrected chi connectivity index (χ0v) is 12.3. The Morgan fingerprint density at radius 2 is 2.06 bits per heavy atom. The normalized spacial score (nSPS) is 14.6. The molecular formula is C13H18FIO2. The third-order valence-corrected chi connectivity index (χ3v) is 3.15. The van der Waals surface area contributed by atoms with E-state index in [1.165, 1.54) is 6.07 Å². The Hall–Kier alpha value is -0.200. The van der Waals surface area contributed by atoms with E-state index in [1.807, 2.05) is 19.9 Å². The first kappa shape index (κ1) is 14.9. The molecule has 0 spiro atoms. The van der Waals surface area contributed by atoms with Gasteiger partial charge in [0.1, 0.15) is 5.82 Å². The fourth-order valence-electron chi connectivity index (χ4n) is 1.53. The molecule has 17 heavy (non-hydrogen) atoms. The zero-order valence-electron chi connectivity index (χ0n) is 10.2. The molecular weight excluding hydrogens is 334 g/mol. The summed E-state index contributed by atoms with van der Waals surface area (Å²) >= 11 is 2.21. The summed E-state index contributed by atoms with van der Waals surface area (Å²) in [6.45, 7) is 5.09. The van der Waals surface area contributed by atoms with Crippen LogP contribution in [0.15, 0.2) is 24.3 Å². The summed E-state index contributed by atoms with van der Waals surface area (Å²) in [4.78, 5) is 0. The predicted molar refractivity (Wildman–Crippen MR) is 75.1 cm³/mol. The van der Waals surface area contributed by atoms with Gasteiger partial charge in [-0.1, -0.05) is 40.8 Å². The number of hydrogen-bond acceptors (Lipinski definition) is 2. The molecule has 0 N–H and O–H groups in total. The van der Waals surface area contributed by atoms with Gasteiger partial charge in [0.15, 0.2) is 0 Å². The van der Waals surface area contributed by atoms with Crippen molar-refractivity contribution in [3.05, 3.63) is 35.6 Å². The molecule has 0 saturated heterocycles. The third-order valence-electron chi connectivity index (χ3n) is 2.35. The number of alkyl halides is 1. The first-order valence-corrected chi connectivity index (χ1v) is 7.25. The highest BCUT2D eigenvalue weighted by atomic mass is 127. The molecule has 0 radical (unpaired) electrons. The Morgan fingerprint density at radius 1 is 1.35 bits per heavy atom. The van der Waals surface area contributed by atoms with Crippen molar-refractivity contribution in [2.45, 2.75) is 26.1 Å². The van der Waals surface area contributed by atoms with Gasteiger partial charge < -0.3 is 9.47 Å². The van der Waals surface area contributed by atoms with Crippen LogP contribution in [-0.2, 0) is 9.47 Å². The van der Waals surface area contributed by atoms with Crippen molar-refractivity contribution in [1.29, 1.82) is 0 Å². The lowest BCUT2D eigenvalue weighted by Gasteiger charge is -2.21. The van der Waals surface area contributed by atoms with E-state index in [0.717, 1.165) is 4.43 Å². The van der Waals surface area contributed by atoms with E-state index in [2.05, 4.69) is 22.6 Å². The lowest BCUT2D eigenvalue weighted by Crippen LogP contribution is -2.20. The Balaban J connectivity index is 2.62. The van der Waals surface area contributed by atoms with E-state index in [0.29, 0.717) is 18.8 Å². The van der Waals surface area contributed by atoms with Gasteiger partial charge in [-0.25, -0.2) is 4.39 Å². The minimum atomic E-state index is -0.216. The summed E-state index contributed by atoms with van der Waals surface area (Å²) in [6, 6.07) is 6.75. The van der Waals surface area contributed by atoms with Crippen LogP contribution in [0.5, 0.6) is 0 Å². The topological polar surface area (TPSA) is 18.5 Å². The van der Waals surface area contributed by atoms with E-state index in [4.69, 9.17) is 9.47 Å². The van der Waals surface area contributed by atoms with Crippen molar-refractivity contribution >= 4 is 22.6 Å². The van der Waals surface area contributed by atoms with E-state index in [9.17, 15) is 4.39 Å². The fourth-order valence-corrected chi connectivity index (χ4v) is 2.21. The van der Waals surface area contributed by atoms with Crippen LogP contribution in [0.1, 0.15) is 25.5 Å². The SMILES string of the molecule is CCOCC(C)OC(CI)c1ccccc1F. The average Bonchev–Trinajstić information content (AvgIpc) is 2.34. The molecule has 1 rings (SSSR count). The quantitative estimate of drug-likeness (QED) is 0.550. The fraction of sp³-hybridized carbons (Fsp3) is 0.538. The van der Waals surface area contributed by atoms with Gasteiger partial charge in [0.05, 0.1) is 18.8 Å². The summed E-state index contributed by atoms with van der Waals surface area (Å²) in [5, 5.41) is 0. The molecule has 0 aliphatic heterocycles. The Labute approximate surface area is 116 Å². The van der Waals surface area contributed by atoms with Crippen molar-refractivity contribution in [3.63, 3.8) is 0 Å². The smallest absolute Gasteiger partial charge is 0.129 e. The van der Waals surface area contributed by atoms with Crippen molar-refractivity contribution in [3.8, 4) is 0 Å². The largest absolute Gasteiger partial charge is 0.379 e. The molecule has 1 aromatic carbocycles. The summed E-state index contributed by atoms with van der Waals surface area (Å²) in [6.07, 6.45) is -0.249. The lowest BCUT2D eigenvalue weighted by molar-refractivity contribution is -0.0387. The van der Waals surface area contributed by atoms with Crippen molar-refractivity contribution in [2.24, 2.45) is 0 Å². The van der Waals surface area contributed by atoms with Crippen LogP contribution in [0.4, 0.5) is 4.39 Å².